The van der Waals surface area contributed by atoms with Gasteiger partial charge in [-0.25, -0.2) is 0 Å². The van der Waals surface area contributed by atoms with Crippen LogP contribution in [0.1, 0.15) is 33.1 Å². The number of rotatable bonds is 1. The molecule has 0 aromatic rings. The van der Waals surface area contributed by atoms with Crippen molar-refractivity contribution >= 4 is 17.7 Å². The van der Waals surface area contributed by atoms with Gasteiger partial charge in [-0.1, -0.05) is 6.42 Å². The monoisotopic (exact) mass is 242 g/mol. The van der Waals surface area contributed by atoms with Crippen LogP contribution in [0.15, 0.2) is 0 Å². The maximum Gasteiger partial charge on any atom is 0.236 e. The summed E-state index contributed by atoms with van der Waals surface area (Å²) in [6.07, 6.45) is 3.58. The average molecular weight is 242 g/mol. The number of carbonyl (C=O) groups is 1. The molecule has 0 aromatic carbocycles. The highest BCUT2D eigenvalue weighted by Crippen LogP contribution is 2.28. The van der Waals surface area contributed by atoms with Gasteiger partial charge in [-0.05, 0) is 32.4 Å². The van der Waals surface area contributed by atoms with Gasteiger partial charge in [-0.3, -0.25) is 4.79 Å². The van der Waals surface area contributed by atoms with Gasteiger partial charge in [0.15, 0.2) is 0 Å². The predicted molar refractivity (Wildman–Crippen MR) is 68.7 cm³/mol. The molecule has 0 radical (unpaired) electrons. The summed E-state index contributed by atoms with van der Waals surface area (Å²) in [5.74, 6) is 1.54. The summed E-state index contributed by atoms with van der Waals surface area (Å²) < 4.78 is 0. The largest absolute Gasteiger partial charge is 0.334 e. The zero-order valence-electron chi connectivity index (χ0n) is 10.2. The van der Waals surface area contributed by atoms with Crippen molar-refractivity contribution in [2.45, 2.75) is 50.4 Å². The molecule has 3 nitrogen and oxygen atoms in total. The summed E-state index contributed by atoms with van der Waals surface area (Å²) in [6.45, 7) is 6.17. The molecule has 3 unspecified atom stereocenters. The zero-order valence-corrected chi connectivity index (χ0v) is 11.1. The number of nitrogens with one attached hydrogen (secondary N) is 1. The molecule has 2 heterocycles. The van der Waals surface area contributed by atoms with E-state index in [0.717, 1.165) is 25.3 Å². The van der Waals surface area contributed by atoms with E-state index in [2.05, 4.69) is 24.1 Å². The fraction of sp³-hybridized carbons (Fsp3) is 0.917. The molecule has 0 spiro atoms. The number of piperazine rings is 1. The van der Waals surface area contributed by atoms with Gasteiger partial charge in [0.25, 0.3) is 0 Å². The second-order valence-corrected chi connectivity index (χ2v) is 6.27. The fourth-order valence-corrected chi connectivity index (χ4v) is 3.92. The Bertz CT molecular complexity index is 243. The van der Waals surface area contributed by atoms with Crippen LogP contribution in [-0.2, 0) is 4.79 Å². The first kappa shape index (κ1) is 12.2. The molecular formula is C12H22N2OS. The summed E-state index contributed by atoms with van der Waals surface area (Å²) in [4.78, 5) is 14.6. The van der Waals surface area contributed by atoms with E-state index in [4.69, 9.17) is 0 Å². The lowest BCUT2D eigenvalue weighted by molar-refractivity contribution is -0.136. The van der Waals surface area contributed by atoms with Gasteiger partial charge in [-0.2, -0.15) is 0 Å². The highest BCUT2D eigenvalue weighted by molar-refractivity contribution is 8.00. The van der Waals surface area contributed by atoms with E-state index in [0.29, 0.717) is 18.0 Å². The van der Waals surface area contributed by atoms with Gasteiger partial charge >= 0.3 is 0 Å². The van der Waals surface area contributed by atoms with Crippen LogP contribution in [0.25, 0.3) is 0 Å². The van der Waals surface area contributed by atoms with E-state index < -0.39 is 0 Å². The third-order valence-corrected chi connectivity index (χ3v) is 4.90. The first-order valence-electron chi connectivity index (χ1n) is 6.34. The maximum atomic E-state index is 12.5. The Balaban J connectivity index is 2.00. The van der Waals surface area contributed by atoms with Crippen molar-refractivity contribution in [2.24, 2.45) is 0 Å². The van der Waals surface area contributed by atoms with Gasteiger partial charge < -0.3 is 10.2 Å². The summed E-state index contributed by atoms with van der Waals surface area (Å²) in [7, 11) is 0. The van der Waals surface area contributed by atoms with Crippen LogP contribution in [-0.4, -0.2) is 47.0 Å². The number of hydrogen-bond acceptors (Lipinski definition) is 3. The van der Waals surface area contributed by atoms with Crippen molar-refractivity contribution in [1.29, 1.82) is 0 Å². The van der Waals surface area contributed by atoms with Crippen molar-refractivity contribution < 1.29 is 4.79 Å². The van der Waals surface area contributed by atoms with Crippen molar-refractivity contribution in [1.82, 2.24) is 10.2 Å². The summed E-state index contributed by atoms with van der Waals surface area (Å²) >= 11 is 1.86. The molecule has 0 saturated carbocycles. The van der Waals surface area contributed by atoms with Crippen LogP contribution in [0.2, 0.25) is 0 Å². The molecule has 0 aromatic heterocycles. The normalized spacial score (nSPS) is 36.1. The minimum Gasteiger partial charge on any atom is -0.334 e. The van der Waals surface area contributed by atoms with Crippen LogP contribution in [0.3, 0.4) is 0 Å². The molecule has 2 aliphatic rings. The number of amides is 1. The Morgan fingerprint density at radius 1 is 1.25 bits per heavy atom. The van der Waals surface area contributed by atoms with Gasteiger partial charge in [0, 0.05) is 25.2 Å². The molecule has 0 bridgehead atoms. The van der Waals surface area contributed by atoms with Crippen LogP contribution < -0.4 is 5.32 Å². The molecule has 3 atom stereocenters. The van der Waals surface area contributed by atoms with Crippen molar-refractivity contribution in [3.8, 4) is 0 Å². The standard InChI is InChI=1S/C12H22N2OS/c1-9-7-13-8-10(2)14(9)12(15)11-5-3-4-6-16-11/h9-11,13H,3-8H2,1-2H3. The molecule has 92 valence electrons. The van der Waals surface area contributed by atoms with Crippen LogP contribution in [0.5, 0.6) is 0 Å². The first-order chi connectivity index (χ1) is 7.70. The number of hydrogen-bond donors (Lipinski definition) is 1. The van der Waals surface area contributed by atoms with Crippen LogP contribution in [0, 0.1) is 0 Å². The van der Waals surface area contributed by atoms with Crippen LogP contribution >= 0.6 is 11.8 Å². The molecule has 2 fully saturated rings. The highest BCUT2D eigenvalue weighted by atomic mass is 32.2. The second-order valence-electron chi connectivity index (χ2n) is 4.96. The third kappa shape index (κ3) is 2.54. The van der Waals surface area contributed by atoms with Gasteiger partial charge in [-0.15, -0.1) is 11.8 Å². The molecule has 1 amide bonds. The van der Waals surface area contributed by atoms with E-state index in [1.54, 1.807) is 0 Å². The lowest BCUT2D eigenvalue weighted by Gasteiger charge is -2.41. The lowest BCUT2D eigenvalue weighted by Crippen LogP contribution is -2.59. The minimum absolute atomic E-state index is 0.233. The van der Waals surface area contributed by atoms with Gasteiger partial charge in [0.05, 0.1) is 5.25 Å². The lowest BCUT2D eigenvalue weighted by atomic mass is 10.1. The van der Waals surface area contributed by atoms with Crippen molar-refractivity contribution in [2.75, 3.05) is 18.8 Å². The Morgan fingerprint density at radius 2 is 1.94 bits per heavy atom. The average Bonchev–Trinajstić information content (AvgIpc) is 2.30. The summed E-state index contributed by atoms with van der Waals surface area (Å²) in [6, 6.07) is 0.692. The Morgan fingerprint density at radius 3 is 2.50 bits per heavy atom. The van der Waals surface area contributed by atoms with E-state index in [1.807, 2.05) is 11.8 Å². The Labute approximate surface area is 102 Å². The fourth-order valence-electron chi connectivity index (χ4n) is 2.67. The second kappa shape index (κ2) is 5.41. The zero-order chi connectivity index (χ0) is 11.5. The van der Waals surface area contributed by atoms with Gasteiger partial charge in [0.2, 0.25) is 5.91 Å². The highest BCUT2D eigenvalue weighted by Gasteiger charge is 2.33. The van der Waals surface area contributed by atoms with Gasteiger partial charge in [0.1, 0.15) is 0 Å². The summed E-state index contributed by atoms with van der Waals surface area (Å²) in [5.41, 5.74) is 0. The molecule has 0 aliphatic carbocycles. The molecule has 2 rings (SSSR count). The predicted octanol–water partition coefficient (Wildman–Crippen LogP) is 1.48. The SMILES string of the molecule is CC1CNCC(C)N1C(=O)C1CCCCS1. The number of nitrogens with zero attached hydrogens (tertiary/aromatic N) is 1. The molecule has 2 aliphatic heterocycles. The quantitative estimate of drug-likeness (QED) is 0.756. The Hall–Kier alpha value is -0.220. The molecule has 16 heavy (non-hydrogen) atoms. The van der Waals surface area contributed by atoms with E-state index in [-0.39, 0.29) is 5.25 Å². The molecule has 4 heteroatoms. The third-order valence-electron chi connectivity index (χ3n) is 3.54. The molecule has 2 saturated heterocycles. The maximum absolute atomic E-state index is 12.5. The smallest absolute Gasteiger partial charge is 0.236 e. The van der Waals surface area contributed by atoms with Crippen molar-refractivity contribution in [3.63, 3.8) is 0 Å². The van der Waals surface area contributed by atoms with E-state index in [1.165, 1.54) is 12.8 Å². The first-order valence-corrected chi connectivity index (χ1v) is 7.39. The number of carbonyl (C=O) groups excluding carboxylic acids is 1. The summed E-state index contributed by atoms with van der Waals surface area (Å²) in [5, 5.41) is 3.60. The molecular weight excluding hydrogens is 220 g/mol. The van der Waals surface area contributed by atoms with E-state index in [9.17, 15) is 4.79 Å². The Kier molecular flexibility index (Phi) is 4.14. The molecule has 1 N–H and O–H groups in total. The number of thioether (sulfide) groups is 1. The van der Waals surface area contributed by atoms with E-state index >= 15 is 0 Å². The van der Waals surface area contributed by atoms with Crippen LogP contribution in [0.4, 0.5) is 0 Å². The van der Waals surface area contributed by atoms with Crippen molar-refractivity contribution in [3.05, 3.63) is 0 Å². The topological polar surface area (TPSA) is 32.3 Å². The minimum atomic E-state index is 0.233.